The minimum Gasteiger partial charge on any atom is -0.494 e. The summed E-state index contributed by atoms with van der Waals surface area (Å²) in [6, 6.07) is 3.45. The number of ether oxygens (including phenoxy) is 1. The lowest BCUT2D eigenvalue weighted by atomic mass is 9.96. The highest BCUT2D eigenvalue weighted by molar-refractivity contribution is 9.10. The Morgan fingerprint density at radius 1 is 1.39 bits per heavy atom. The van der Waals surface area contributed by atoms with Gasteiger partial charge in [0.25, 0.3) is 0 Å². The van der Waals surface area contributed by atoms with Gasteiger partial charge in [-0.2, -0.15) is 0 Å². The Morgan fingerprint density at radius 2 is 1.94 bits per heavy atom. The summed E-state index contributed by atoms with van der Waals surface area (Å²) in [5.74, 6) is 0.330. The van der Waals surface area contributed by atoms with Crippen molar-refractivity contribution in [3.05, 3.63) is 22.2 Å². The molecular formula is C12H18BrNO3S. The molecule has 0 radical (unpaired) electrons. The zero-order valence-corrected chi connectivity index (χ0v) is 13.4. The molecular weight excluding hydrogens is 318 g/mol. The van der Waals surface area contributed by atoms with Crippen molar-refractivity contribution in [2.45, 2.75) is 30.7 Å². The Labute approximate surface area is 117 Å². The molecule has 0 aliphatic rings. The summed E-state index contributed by atoms with van der Waals surface area (Å²) >= 11 is 3.33. The van der Waals surface area contributed by atoms with Crippen LogP contribution in [-0.2, 0) is 16.3 Å². The summed E-state index contributed by atoms with van der Waals surface area (Å²) in [6.07, 6.45) is 1.74. The molecule has 0 bridgehead atoms. The monoisotopic (exact) mass is 335 g/mol. The highest BCUT2D eigenvalue weighted by Gasteiger charge is 2.20. The first kappa shape index (κ1) is 15.5. The summed E-state index contributed by atoms with van der Waals surface area (Å²) in [7, 11) is -1.90. The van der Waals surface area contributed by atoms with E-state index in [1.165, 1.54) is 7.11 Å². The van der Waals surface area contributed by atoms with Crippen LogP contribution in [0.4, 0.5) is 0 Å². The van der Waals surface area contributed by atoms with Crippen LogP contribution >= 0.6 is 15.9 Å². The number of hydrogen-bond donors (Lipinski definition) is 1. The van der Waals surface area contributed by atoms with Crippen LogP contribution in [0.2, 0.25) is 0 Å². The van der Waals surface area contributed by atoms with Crippen molar-refractivity contribution in [3.63, 3.8) is 0 Å². The van der Waals surface area contributed by atoms with E-state index in [2.05, 4.69) is 15.9 Å². The van der Waals surface area contributed by atoms with Crippen LogP contribution in [0.5, 0.6) is 5.75 Å². The van der Waals surface area contributed by atoms with Crippen LogP contribution in [0.1, 0.15) is 19.4 Å². The molecule has 0 aliphatic carbocycles. The van der Waals surface area contributed by atoms with Gasteiger partial charge in [-0.25, -0.2) is 8.42 Å². The largest absolute Gasteiger partial charge is 0.494 e. The van der Waals surface area contributed by atoms with Crippen LogP contribution in [0.25, 0.3) is 0 Å². The van der Waals surface area contributed by atoms with E-state index in [0.29, 0.717) is 16.6 Å². The normalized spacial score (nSPS) is 12.6. The van der Waals surface area contributed by atoms with Crippen LogP contribution in [0.3, 0.4) is 0 Å². The van der Waals surface area contributed by atoms with Gasteiger partial charge in [-0.3, -0.25) is 0 Å². The Hall–Kier alpha value is -0.590. The van der Waals surface area contributed by atoms with E-state index in [-0.39, 0.29) is 4.90 Å². The number of rotatable bonds is 4. The van der Waals surface area contributed by atoms with Crippen LogP contribution < -0.4 is 10.5 Å². The number of sulfone groups is 1. The molecule has 0 aliphatic heterocycles. The second-order valence-corrected chi connectivity index (χ2v) is 7.89. The predicted molar refractivity (Wildman–Crippen MR) is 75.8 cm³/mol. The molecule has 0 atom stereocenters. The van der Waals surface area contributed by atoms with Gasteiger partial charge in [0, 0.05) is 11.8 Å². The summed E-state index contributed by atoms with van der Waals surface area (Å²) < 4.78 is 29.2. The molecule has 1 aromatic carbocycles. The molecule has 102 valence electrons. The minimum atomic E-state index is -3.34. The third-order valence-electron chi connectivity index (χ3n) is 2.33. The Balaban J connectivity index is 3.41. The van der Waals surface area contributed by atoms with Crippen molar-refractivity contribution in [2.24, 2.45) is 5.73 Å². The lowest BCUT2D eigenvalue weighted by Crippen LogP contribution is -2.34. The zero-order valence-electron chi connectivity index (χ0n) is 11.0. The van der Waals surface area contributed by atoms with Crippen LogP contribution in [0, 0.1) is 0 Å². The van der Waals surface area contributed by atoms with Crippen molar-refractivity contribution >= 4 is 25.8 Å². The molecule has 18 heavy (non-hydrogen) atoms. The zero-order chi connectivity index (χ0) is 14.1. The van der Waals surface area contributed by atoms with Gasteiger partial charge >= 0.3 is 0 Å². The third-order valence-corrected chi connectivity index (χ3v) is 4.02. The number of nitrogens with two attached hydrogens (primary N) is 1. The second-order valence-electron chi connectivity index (χ2n) is 5.05. The van der Waals surface area contributed by atoms with Gasteiger partial charge < -0.3 is 10.5 Å². The Morgan fingerprint density at radius 3 is 2.33 bits per heavy atom. The van der Waals surface area contributed by atoms with Gasteiger partial charge in [0.1, 0.15) is 4.90 Å². The van der Waals surface area contributed by atoms with Crippen molar-refractivity contribution in [1.29, 1.82) is 0 Å². The third kappa shape index (κ3) is 3.96. The fourth-order valence-corrected chi connectivity index (χ4v) is 3.42. The molecule has 1 rings (SSSR count). The average Bonchev–Trinajstić information content (AvgIpc) is 2.12. The van der Waals surface area contributed by atoms with Gasteiger partial charge in [-0.15, -0.1) is 0 Å². The number of hydrogen-bond acceptors (Lipinski definition) is 4. The topological polar surface area (TPSA) is 69.4 Å². The van der Waals surface area contributed by atoms with E-state index in [9.17, 15) is 8.42 Å². The molecule has 0 amide bonds. The first-order valence-corrected chi connectivity index (χ1v) is 8.08. The molecule has 0 heterocycles. The molecule has 0 unspecified atom stereocenters. The standard InChI is InChI=1S/C12H18BrNO3S/c1-12(2,14)7-8-5-9(13)11(17-3)10(6-8)18(4,15)16/h5-6H,7,14H2,1-4H3. The van der Waals surface area contributed by atoms with Crippen molar-refractivity contribution in [2.75, 3.05) is 13.4 Å². The lowest BCUT2D eigenvalue weighted by Gasteiger charge is -2.20. The minimum absolute atomic E-state index is 0.179. The Bertz CT molecular complexity index is 547. The van der Waals surface area contributed by atoms with Crippen LogP contribution in [0.15, 0.2) is 21.5 Å². The van der Waals surface area contributed by atoms with E-state index in [4.69, 9.17) is 10.5 Å². The van der Waals surface area contributed by atoms with E-state index in [1.807, 2.05) is 19.9 Å². The number of methoxy groups -OCH3 is 1. The quantitative estimate of drug-likeness (QED) is 0.915. The highest BCUT2D eigenvalue weighted by atomic mass is 79.9. The lowest BCUT2D eigenvalue weighted by molar-refractivity contribution is 0.399. The van der Waals surface area contributed by atoms with Crippen molar-refractivity contribution < 1.29 is 13.2 Å². The maximum Gasteiger partial charge on any atom is 0.179 e. The molecule has 2 N–H and O–H groups in total. The van der Waals surface area contributed by atoms with Gasteiger partial charge in [0.15, 0.2) is 15.6 Å². The molecule has 4 nitrogen and oxygen atoms in total. The predicted octanol–water partition coefficient (Wildman–Crippen LogP) is 2.14. The summed E-state index contributed by atoms with van der Waals surface area (Å²) in [4.78, 5) is 0.179. The summed E-state index contributed by atoms with van der Waals surface area (Å²) in [5, 5.41) is 0. The maximum absolute atomic E-state index is 11.8. The highest BCUT2D eigenvalue weighted by Crippen LogP contribution is 2.34. The fourth-order valence-electron chi connectivity index (χ4n) is 1.72. The molecule has 0 aromatic heterocycles. The summed E-state index contributed by atoms with van der Waals surface area (Å²) in [6.45, 7) is 3.79. The molecule has 0 spiro atoms. The van der Waals surface area contributed by atoms with Crippen LogP contribution in [-0.4, -0.2) is 27.3 Å². The molecule has 0 saturated heterocycles. The van der Waals surface area contributed by atoms with E-state index >= 15 is 0 Å². The summed E-state index contributed by atoms with van der Waals surface area (Å²) in [5.41, 5.74) is 6.41. The first-order chi connectivity index (χ1) is 8.04. The first-order valence-electron chi connectivity index (χ1n) is 5.40. The van der Waals surface area contributed by atoms with Gasteiger partial charge in [0.05, 0.1) is 11.6 Å². The van der Waals surface area contributed by atoms with E-state index in [1.54, 1.807) is 6.07 Å². The molecule has 0 saturated carbocycles. The van der Waals surface area contributed by atoms with E-state index in [0.717, 1.165) is 11.8 Å². The molecule has 0 fully saturated rings. The van der Waals surface area contributed by atoms with Gasteiger partial charge in [-0.05, 0) is 53.9 Å². The maximum atomic E-state index is 11.8. The second kappa shape index (κ2) is 5.19. The Kier molecular flexibility index (Phi) is 4.46. The molecule has 6 heteroatoms. The van der Waals surface area contributed by atoms with Crippen molar-refractivity contribution in [3.8, 4) is 5.75 Å². The number of halogens is 1. The van der Waals surface area contributed by atoms with E-state index < -0.39 is 15.4 Å². The van der Waals surface area contributed by atoms with Crippen molar-refractivity contribution in [1.82, 2.24) is 0 Å². The molecule has 1 aromatic rings. The number of benzene rings is 1. The smallest absolute Gasteiger partial charge is 0.179 e. The van der Waals surface area contributed by atoms with Gasteiger partial charge in [-0.1, -0.05) is 0 Å². The fraction of sp³-hybridized carbons (Fsp3) is 0.500. The SMILES string of the molecule is COc1c(Br)cc(CC(C)(C)N)cc1S(C)(=O)=O. The van der Waals surface area contributed by atoms with Gasteiger partial charge in [0.2, 0.25) is 0 Å². The average molecular weight is 336 g/mol.